The molecule has 0 saturated carbocycles. The molecule has 2 aliphatic heterocycles. The maximum atomic E-state index is 12.7. The third-order valence-corrected chi connectivity index (χ3v) is 5.58. The van der Waals surface area contributed by atoms with E-state index in [1.54, 1.807) is 4.90 Å². The smallest absolute Gasteiger partial charge is 0.311 e. The van der Waals surface area contributed by atoms with Crippen molar-refractivity contribution in [2.45, 2.75) is 20.3 Å². The fourth-order valence-corrected chi connectivity index (χ4v) is 4.22. The molecule has 1 amide bonds. The lowest BCUT2D eigenvalue weighted by Gasteiger charge is -2.33. The summed E-state index contributed by atoms with van der Waals surface area (Å²) < 4.78 is 5.41. The Bertz CT molecular complexity index is 600. The molecule has 0 radical (unpaired) electrons. The third-order valence-electron chi connectivity index (χ3n) is 4.52. The number of nitrogens with zero attached hydrogens (tertiary/aromatic N) is 2. The van der Waals surface area contributed by atoms with Crippen molar-refractivity contribution in [1.82, 2.24) is 9.88 Å². The average Bonchev–Trinajstić information content (AvgIpc) is 2.99. The number of aryl methyl sites for hydroxylation is 2. The van der Waals surface area contributed by atoms with Crippen molar-refractivity contribution in [3.63, 3.8) is 0 Å². The Morgan fingerprint density at radius 2 is 2.24 bits per heavy atom. The van der Waals surface area contributed by atoms with Crippen LogP contribution < -0.4 is 0 Å². The summed E-state index contributed by atoms with van der Waals surface area (Å²) in [6.07, 6.45) is 0.470. The second kappa shape index (κ2) is 5.06. The number of likely N-dealkylation sites (tertiary alicyclic amines) is 1. The van der Waals surface area contributed by atoms with E-state index < -0.39 is 11.4 Å². The van der Waals surface area contributed by atoms with Crippen molar-refractivity contribution in [2.75, 3.05) is 26.3 Å². The largest absolute Gasteiger partial charge is 0.481 e. The summed E-state index contributed by atoms with van der Waals surface area (Å²) in [6, 6.07) is 0. The molecule has 1 N–H and O–H groups in total. The highest BCUT2D eigenvalue weighted by Gasteiger charge is 2.55. The molecule has 3 rings (SSSR count). The first-order chi connectivity index (χ1) is 9.94. The predicted molar refractivity (Wildman–Crippen MR) is 76.5 cm³/mol. The molecule has 114 valence electrons. The predicted octanol–water partition coefficient (Wildman–Crippen LogP) is 1.32. The molecule has 2 atom stereocenters. The highest BCUT2D eigenvalue weighted by Crippen LogP contribution is 2.43. The van der Waals surface area contributed by atoms with Gasteiger partial charge in [-0.2, -0.15) is 0 Å². The standard InChI is InChI=1S/C14H18N2O4S/c1-8-11(21-9(2)15-8)12(17)16-5-10-6-20-4-3-14(10,7-16)13(18)19/h10H,3-7H2,1-2H3,(H,18,19)/t10-,14+/m0/s1. The van der Waals surface area contributed by atoms with Crippen molar-refractivity contribution < 1.29 is 19.4 Å². The topological polar surface area (TPSA) is 79.7 Å². The van der Waals surface area contributed by atoms with Crippen LogP contribution in [-0.4, -0.2) is 53.2 Å². The van der Waals surface area contributed by atoms with Gasteiger partial charge in [0.25, 0.3) is 5.91 Å². The molecule has 0 bridgehead atoms. The number of aromatic nitrogens is 1. The van der Waals surface area contributed by atoms with Crippen molar-refractivity contribution in [2.24, 2.45) is 11.3 Å². The van der Waals surface area contributed by atoms with E-state index in [0.717, 1.165) is 10.7 Å². The van der Waals surface area contributed by atoms with Gasteiger partial charge < -0.3 is 14.7 Å². The summed E-state index contributed by atoms with van der Waals surface area (Å²) in [5.74, 6) is -1.04. The number of fused-ring (bicyclic) bond motifs is 1. The van der Waals surface area contributed by atoms with E-state index >= 15 is 0 Å². The van der Waals surface area contributed by atoms with Gasteiger partial charge in [0.2, 0.25) is 0 Å². The number of ether oxygens (including phenoxy) is 1. The van der Waals surface area contributed by atoms with Crippen LogP contribution in [0.15, 0.2) is 0 Å². The van der Waals surface area contributed by atoms with Gasteiger partial charge in [-0.3, -0.25) is 9.59 Å². The molecule has 6 nitrogen and oxygen atoms in total. The Morgan fingerprint density at radius 1 is 1.48 bits per heavy atom. The van der Waals surface area contributed by atoms with Crippen LogP contribution in [0, 0.1) is 25.2 Å². The summed E-state index contributed by atoms with van der Waals surface area (Å²) in [6.45, 7) is 5.26. The molecule has 21 heavy (non-hydrogen) atoms. The molecule has 1 aromatic rings. The minimum atomic E-state index is -0.846. The molecular formula is C14H18N2O4S. The van der Waals surface area contributed by atoms with Crippen molar-refractivity contribution >= 4 is 23.2 Å². The van der Waals surface area contributed by atoms with E-state index in [0.29, 0.717) is 31.1 Å². The van der Waals surface area contributed by atoms with Crippen LogP contribution in [0.2, 0.25) is 0 Å². The second-order valence-corrected chi connectivity index (χ2v) is 7.02. The van der Waals surface area contributed by atoms with Crippen molar-refractivity contribution in [3.8, 4) is 0 Å². The van der Waals surface area contributed by atoms with E-state index in [9.17, 15) is 14.7 Å². The molecule has 3 heterocycles. The molecule has 2 fully saturated rings. The molecule has 2 aliphatic rings. The molecular weight excluding hydrogens is 292 g/mol. The van der Waals surface area contributed by atoms with Gasteiger partial charge in [-0.15, -0.1) is 11.3 Å². The molecule has 0 spiro atoms. The van der Waals surface area contributed by atoms with Gasteiger partial charge in [-0.1, -0.05) is 0 Å². The number of carboxylic acid groups (broad SMARTS) is 1. The Balaban J connectivity index is 1.87. The molecule has 2 saturated heterocycles. The Labute approximate surface area is 126 Å². The summed E-state index contributed by atoms with van der Waals surface area (Å²) in [5, 5.41) is 10.5. The van der Waals surface area contributed by atoms with Crippen LogP contribution in [0.4, 0.5) is 0 Å². The fraction of sp³-hybridized carbons (Fsp3) is 0.643. The van der Waals surface area contributed by atoms with Gasteiger partial charge in [0.15, 0.2) is 0 Å². The van der Waals surface area contributed by atoms with Gasteiger partial charge in [0.1, 0.15) is 4.88 Å². The normalized spacial score (nSPS) is 28.5. The molecule has 0 aliphatic carbocycles. The van der Waals surface area contributed by atoms with Gasteiger partial charge in [-0.25, -0.2) is 4.98 Å². The van der Waals surface area contributed by atoms with E-state index in [2.05, 4.69) is 4.98 Å². The van der Waals surface area contributed by atoms with Crippen molar-refractivity contribution in [3.05, 3.63) is 15.6 Å². The van der Waals surface area contributed by atoms with Gasteiger partial charge in [0, 0.05) is 25.6 Å². The Kier molecular flexibility index (Phi) is 3.49. The lowest BCUT2D eigenvalue weighted by Crippen LogP contribution is -2.45. The van der Waals surface area contributed by atoms with Gasteiger partial charge >= 0.3 is 5.97 Å². The van der Waals surface area contributed by atoms with E-state index in [1.807, 2.05) is 13.8 Å². The molecule has 7 heteroatoms. The van der Waals surface area contributed by atoms with Crippen LogP contribution in [0.3, 0.4) is 0 Å². The van der Waals surface area contributed by atoms with Crippen molar-refractivity contribution in [1.29, 1.82) is 0 Å². The first-order valence-corrected chi connectivity index (χ1v) is 7.80. The Hall–Kier alpha value is -1.47. The maximum absolute atomic E-state index is 12.7. The first kappa shape index (κ1) is 14.5. The number of amides is 1. The van der Waals surface area contributed by atoms with E-state index in [-0.39, 0.29) is 18.4 Å². The van der Waals surface area contributed by atoms with Crippen LogP contribution >= 0.6 is 11.3 Å². The SMILES string of the molecule is Cc1nc(C)c(C(=O)N2C[C@H]3COCC[C@@]3(C(=O)O)C2)s1. The minimum absolute atomic E-state index is 0.104. The fourth-order valence-electron chi connectivity index (χ4n) is 3.33. The molecule has 0 unspecified atom stereocenters. The zero-order valence-corrected chi connectivity index (χ0v) is 12.9. The van der Waals surface area contributed by atoms with Crippen LogP contribution in [0.5, 0.6) is 0 Å². The number of hydrogen-bond acceptors (Lipinski definition) is 5. The third kappa shape index (κ3) is 2.24. The molecule has 1 aromatic heterocycles. The van der Waals surface area contributed by atoms with Gasteiger partial charge in [0.05, 0.1) is 22.7 Å². The summed E-state index contributed by atoms with van der Waals surface area (Å²) in [7, 11) is 0. The maximum Gasteiger partial charge on any atom is 0.311 e. The van der Waals surface area contributed by atoms with Gasteiger partial charge in [-0.05, 0) is 20.3 Å². The summed E-state index contributed by atoms with van der Waals surface area (Å²) >= 11 is 1.37. The number of rotatable bonds is 2. The number of aliphatic carboxylic acids is 1. The van der Waals surface area contributed by atoms with E-state index in [1.165, 1.54) is 11.3 Å². The number of thiazole rings is 1. The zero-order valence-electron chi connectivity index (χ0n) is 12.1. The quantitative estimate of drug-likeness (QED) is 0.891. The number of hydrogen-bond donors (Lipinski definition) is 1. The van der Waals surface area contributed by atoms with E-state index in [4.69, 9.17) is 4.74 Å². The number of carboxylic acids is 1. The minimum Gasteiger partial charge on any atom is -0.481 e. The lowest BCUT2D eigenvalue weighted by atomic mass is 9.74. The average molecular weight is 310 g/mol. The number of carbonyl (C=O) groups excluding carboxylic acids is 1. The van der Waals surface area contributed by atoms with Crippen LogP contribution in [-0.2, 0) is 9.53 Å². The monoisotopic (exact) mass is 310 g/mol. The molecule has 0 aromatic carbocycles. The first-order valence-electron chi connectivity index (χ1n) is 6.98. The van der Waals surface area contributed by atoms with Crippen LogP contribution in [0.25, 0.3) is 0 Å². The second-order valence-electron chi connectivity index (χ2n) is 5.82. The van der Waals surface area contributed by atoms with Crippen LogP contribution in [0.1, 0.15) is 26.8 Å². The number of carbonyl (C=O) groups is 2. The highest BCUT2D eigenvalue weighted by molar-refractivity contribution is 7.13. The lowest BCUT2D eigenvalue weighted by molar-refractivity contribution is -0.157. The summed E-state index contributed by atoms with van der Waals surface area (Å²) in [4.78, 5) is 30.9. The zero-order chi connectivity index (χ0) is 15.2. The summed E-state index contributed by atoms with van der Waals surface area (Å²) in [5.41, 5.74) is -0.125. The highest BCUT2D eigenvalue weighted by atomic mass is 32.1. The Morgan fingerprint density at radius 3 is 2.81 bits per heavy atom.